The van der Waals surface area contributed by atoms with Crippen molar-refractivity contribution in [3.63, 3.8) is 0 Å². The molecule has 0 aliphatic carbocycles. The zero-order valence-corrected chi connectivity index (χ0v) is 17.1. The Bertz CT molecular complexity index is 1070. The fourth-order valence-corrected chi connectivity index (χ4v) is 3.76. The third-order valence-electron chi connectivity index (χ3n) is 5.31. The van der Waals surface area contributed by atoms with Crippen LogP contribution in [0, 0.1) is 0 Å². The van der Waals surface area contributed by atoms with E-state index in [1.807, 2.05) is 30.3 Å². The molecule has 1 amide bonds. The third-order valence-corrected chi connectivity index (χ3v) is 5.31. The van der Waals surface area contributed by atoms with Gasteiger partial charge in [-0.05, 0) is 55.8 Å². The van der Waals surface area contributed by atoms with Crippen molar-refractivity contribution in [3.8, 4) is 11.5 Å². The Hall–Kier alpha value is -3.32. The van der Waals surface area contributed by atoms with Gasteiger partial charge in [-0.1, -0.05) is 30.7 Å². The molecule has 3 aromatic rings. The van der Waals surface area contributed by atoms with Gasteiger partial charge in [-0.25, -0.2) is 0 Å². The van der Waals surface area contributed by atoms with Gasteiger partial charge in [-0.15, -0.1) is 0 Å². The van der Waals surface area contributed by atoms with Crippen LogP contribution in [0.1, 0.15) is 35.3 Å². The monoisotopic (exact) mass is 405 g/mol. The molecule has 1 aliphatic rings. The number of rotatable bonds is 5. The van der Waals surface area contributed by atoms with Crippen LogP contribution in [0.2, 0.25) is 0 Å². The molecule has 1 fully saturated rings. The molecule has 0 spiro atoms. The first-order chi connectivity index (χ1) is 14.6. The topological polar surface area (TPSA) is 95.7 Å². The van der Waals surface area contributed by atoms with Gasteiger partial charge < -0.3 is 20.8 Å². The summed E-state index contributed by atoms with van der Waals surface area (Å²) in [5.41, 5.74) is 7.94. The van der Waals surface area contributed by atoms with Gasteiger partial charge in [0.2, 0.25) is 0 Å². The average molecular weight is 406 g/mol. The van der Waals surface area contributed by atoms with Crippen LogP contribution in [0.4, 0.5) is 0 Å². The van der Waals surface area contributed by atoms with E-state index < -0.39 is 5.91 Å². The van der Waals surface area contributed by atoms with Crippen LogP contribution in [0.5, 0.6) is 11.5 Å². The molecule has 0 saturated carbocycles. The minimum absolute atomic E-state index is 0.0700. The lowest BCUT2D eigenvalue weighted by molar-refractivity contribution is 0.0998. The number of benzene rings is 2. The fraction of sp³-hybridized carbons (Fsp3) is 0.304. The van der Waals surface area contributed by atoms with Gasteiger partial charge in [0.1, 0.15) is 11.4 Å². The maximum absolute atomic E-state index is 12.3. The van der Waals surface area contributed by atoms with E-state index in [1.54, 1.807) is 13.1 Å². The number of para-hydroxylation sites is 1. The minimum atomic E-state index is -0.437. The lowest BCUT2D eigenvalue weighted by atomic mass is 10.1. The number of carbonyl (C=O) groups is 1. The lowest BCUT2D eigenvalue weighted by Crippen LogP contribution is -2.29. The van der Waals surface area contributed by atoms with E-state index in [1.165, 1.54) is 24.8 Å². The Labute approximate surface area is 175 Å². The van der Waals surface area contributed by atoms with E-state index in [0.29, 0.717) is 11.4 Å². The molecule has 2 heterocycles. The number of H-pyrrole nitrogens is 1. The van der Waals surface area contributed by atoms with Crippen LogP contribution in [0.3, 0.4) is 0 Å². The summed E-state index contributed by atoms with van der Waals surface area (Å²) in [5, 5.41) is 3.52. The number of aromatic nitrogens is 1. The van der Waals surface area contributed by atoms with Gasteiger partial charge in [-0.2, -0.15) is 4.99 Å². The number of hydrogen-bond acceptors (Lipinski definition) is 3. The summed E-state index contributed by atoms with van der Waals surface area (Å²) in [6.07, 6.45) is 3.88. The lowest BCUT2D eigenvalue weighted by Gasteiger charge is -2.26. The summed E-state index contributed by atoms with van der Waals surface area (Å²) in [4.78, 5) is 21.7. The summed E-state index contributed by atoms with van der Waals surface area (Å²) in [6.45, 7) is 3.25. The Morgan fingerprint density at radius 1 is 1.17 bits per heavy atom. The van der Waals surface area contributed by atoms with Crippen LogP contribution < -0.4 is 15.8 Å². The molecular formula is C23H27N5O2. The number of aliphatic imine (C=N–C) groups is 1. The van der Waals surface area contributed by atoms with Crippen molar-refractivity contribution in [1.29, 1.82) is 0 Å². The molecule has 1 saturated heterocycles. The van der Waals surface area contributed by atoms with Crippen molar-refractivity contribution in [1.82, 2.24) is 15.2 Å². The Kier molecular flexibility index (Phi) is 5.99. The van der Waals surface area contributed by atoms with Gasteiger partial charge in [0.15, 0.2) is 11.7 Å². The molecule has 4 rings (SSSR count). The maximum atomic E-state index is 12.3. The summed E-state index contributed by atoms with van der Waals surface area (Å²) in [6, 6.07) is 15.7. The number of nitrogens with two attached hydrogens (primary N) is 1. The molecule has 0 atom stereocenters. The highest BCUT2D eigenvalue weighted by Crippen LogP contribution is 2.30. The first-order valence-electron chi connectivity index (χ1n) is 10.3. The number of piperidine rings is 1. The zero-order chi connectivity index (χ0) is 20.9. The summed E-state index contributed by atoms with van der Waals surface area (Å²) in [7, 11) is 1.61. The molecule has 1 aromatic heterocycles. The minimum Gasteiger partial charge on any atom is -0.455 e. The number of likely N-dealkylation sites (tertiary alicyclic amines) is 1. The largest absolute Gasteiger partial charge is 0.455 e. The second kappa shape index (κ2) is 9.00. The predicted octanol–water partition coefficient (Wildman–Crippen LogP) is 3.62. The van der Waals surface area contributed by atoms with E-state index in [0.717, 1.165) is 36.3 Å². The second-order valence-electron chi connectivity index (χ2n) is 7.54. The van der Waals surface area contributed by atoms with Gasteiger partial charge in [0.25, 0.3) is 5.91 Å². The summed E-state index contributed by atoms with van der Waals surface area (Å²) in [5.74, 6) is 1.07. The molecule has 0 unspecified atom stereocenters. The number of aromatic amines is 1. The van der Waals surface area contributed by atoms with Crippen LogP contribution in [-0.2, 0) is 6.54 Å². The average Bonchev–Trinajstić information content (AvgIpc) is 3.20. The third kappa shape index (κ3) is 4.63. The van der Waals surface area contributed by atoms with E-state index >= 15 is 0 Å². The Balaban J connectivity index is 1.55. The predicted molar refractivity (Wildman–Crippen MR) is 119 cm³/mol. The van der Waals surface area contributed by atoms with Gasteiger partial charge >= 0.3 is 0 Å². The number of amides is 1. The molecule has 0 bridgehead atoms. The van der Waals surface area contributed by atoms with E-state index in [-0.39, 0.29) is 5.96 Å². The molecule has 2 aromatic carbocycles. The number of nitrogens with one attached hydrogen (secondary N) is 2. The van der Waals surface area contributed by atoms with Crippen molar-refractivity contribution in [2.24, 2.45) is 10.7 Å². The molecular weight excluding hydrogens is 378 g/mol. The van der Waals surface area contributed by atoms with E-state index in [9.17, 15) is 4.79 Å². The van der Waals surface area contributed by atoms with E-state index in [2.05, 4.69) is 32.3 Å². The first kappa shape index (κ1) is 20.0. The normalized spacial score (nSPS) is 15.3. The van der Waals surface area contributed by atoms with Crippen LogP contribution in [0.15, 0.2) is 53.5 Å². The molecule has 7 heteroatoms. The van der Waals surface area contributed by atoms with Crippen molar-refractivity contribution >= 4 is 22.8 Å². The van der Waals surface area contributed by atoms with Crippen molar-refractivity contribution in [3.05, 3.63) is 59.8 Å². The molecule has 7 nitrogen and oxygen atoms in total. The number of carbonyl (C=O) groups excluding carboxylic acids is 1. The second-order valence-corrected chi connectivity index (χ2v) is 7.54. The standard InChI is InChI=1S/C23H27N5O2/c1-25-23(24)27-22(29)19-14-17-8-6-10-20(21(17)26-19)30-18-9-5-7-16(13-18)15-28-11-3-2-4-12-28/h5-10,13-14,26H,2-4,11-12,15H2,1H3,(H3,24,25,27,29). The zero-order valence-electron chi connectivity index (χ0n) is 17.1. The number of guanidine groups is 1. The van der Waals surface area contributed by atoms with E-state index in [4.69, 9.17) is 10.5 Å². The molecule has 30 heavy (non-hydrogen) atoms. The summed E-state index contributed by atoms with van der Waals surface area (Å²) < 4.78 is 6.18. The number of fused-ring (bicyclic) bond motifs is 1. The van der Waals surface area contributed by atoms with Crippen molar-refractivity contribution < 1.29 is 9.53 Å². The SMILES string of the molecule is CNC(N)=NC(=O)c1cc2cccc(Oc3cccc(CN4CCCCC4)c3)c2[nH]1. The highest BCUT2D eigenvalue weighted by molar-refractivity contribution is 6.04. The number of nitrogens with zero attached hydrogens (tertiary/aromatic N) is 2. The Morgan fingerprint density at radius 3 is 2.77 bits per heavy atom. The number of ether oxygens (including phenoxy) is 1. The highest BCUT2D eigenvalue weighted by Gasteiger charge is 2.14. The van der Waals surface area contributed by atoms with Crippen LogP contribution in [0.25, 0.3) is 10.9 Å². The Morgan fingerprint density at radius 2 is 1.97 bits per heavy atom. The number of hydrogen-bond donors (Lipinski definition) is 3. The van der Waals surface area contributed by atoms with Crippen LogP contribution in [-0.4, -0.2) is 41.9 Å². The van der Waals surface area contributed by atoms with Gasteiger partial charge in [0, 0.05) is 19.0 Å². The van der Waals surface area contributed by atoms with Gasteiger partial charge in [-0.3, -0.25) is 9.69 Å². The molecule has 4 N–H and O–H groups in total. The smallest absolute Gasteiger partial charge is 0.296 e. The molecule has 1 aliphatic heterocycles. The summed E-state index contributed by atoms with van der Waals surface area (Å²) >= 11 is 0. The first-order valence-corrected chi connectivity index (χ1v) is 10.3. The van der Waals surface area contributed by atoms with Gasteiger partial charge in [0.05, 0.1) is 5.52 Å². The van der Waals surface area contributed by atoms with Crippen LogP contribution >= 0.6 is 0 Å². The van der Waals surface area contributed by atoms with Crippen molar-refractivity contribution in [2.75, 3.05) is 20.1 Å². The molecule has 0 radical (unpaired) electrons. The molecule has 156 valence electrons. The highest BCUT2D eigenvalue weighted by atomic mass is 16.5. The van der Waals surface area contributed by atoms with Crippen molar-refractivity contribution in [2.45, 2.75) is 25.8 Å². The fourth-order valence-electron chi connectivity index (χ4n) is 3.76. The quantitative estimate of drug-likeness (QED) is 0.445. The maximum Gasteiger partial charge on any atom is 0.296 e.